The molecule has 90 valence electrons. The zero-order valence-corrected chi connectivity index (χ0v) is 10.2. The molecule has 0 bridgehead atoms. The fourth-order valence-corrected chi connectivity index (χ4v) is 4.62. The van der Waals surface area contributed by atoms with Gasteiger partial charge in [-0.2, -0.15) is 11.8 Å². The van der Waals surface area contributed by atoms with Crippen molar-refractivity contribution >= 4 is 23.5 Å². The number of carboxylic acids is 1. The first-order chi connectivity index (χ1) is 7.66. The van der Waals surface area contributed by atoms with Crippen LogP contribution in [0, 0.1) is 11.8 Å². The Hall–Kier alpha value is -0.510. The molecule has 1 heterocycles. The van der Waals surface area contributed by atoms with Crippen molar-refractivity contribution in [1.82, 2.24) is 0 Å². The van der Waals surface area contributed by atoms with Crippen LogP contribution in [0.15, 0.2) is 0 Å². The van der Waals surface area contributed by atoms with Crippen molar-refractivity contribution in [3.63, 3.8) is 0 Å². The molecule has 0 aromatic heterocycles. The molecule has 4 heteroatoms. The number of carbonyl (C=O) groups excluding carboxylic acids is 1. The van der Waals surface area contributed by atoms with Crippen LogP contribution >= 0.6 is 11.8 Å². The highest BCUT2D eigenvalue weighted by molar-refractivity contribution is 8.00. The van der Waals surface area contributed by atoms with E-state index >= 15 is 0 Å². The van der Waals surface area contributed by atoms with Gasteiger partial charge in [0.1, 0.15) is 5.78 Å². The van der Waals surface area contributed by atoms with Crippen molar-refractivity contribution in [2.75, 3.05) is 5.75 Å². The van der Waals surface area contributed by atoms with Crippen molar-refractivity contribution in [2.24, 2.45) is 11.8 Å². The lowest BCUT2D eigenvalue weighted by molar-refractivity contribution is -0.137. The highest BCUT2D eigenvalue weighted by Crippen LogP contribution is 2.47. The number of fused-ring (bicyclic) bond motifs is 1. The fraction of sp³-hybridized carbons (Fsp3) is 0.833. The Morgan fingerprint density at radius 1 is 1.38 bits per heavy atom. The van der Waals surface area contributed by atoms with Crippen LogP contribution in [0.25, 0.3) is 0 Å². The molecule has 1 aliphatic carbocycles. The Morgan fingerprint density at radius 2 is 2.19 bits per heavy atom. The monoisotopic (exact) mass is 242 g/mol. The van der Waals surface area contributed by atoms with E-state index in [0.717, 1.165) is 37.9 Å². The number of carboxylic acid groups (broad SMARTS) is 1. The van der Waals surface area contributed by atoms with Crippen LogP contribution in [0.2, 0.25) is 0 Å². The van der Waals surface area contributed by atoms with Crippen LogP contribution in [0.3, 0.4) is 0 Å². The van der Waals surface area contributed by atoms with Gasteiger partial charge in [0.25, 0.3) is 0 Å². The standard InChI is InChI=1S/C12H18O3S/c13-9-5-8-7-16-11(10(8)6-9)3-1-2-4-12(14)15/h8,10-11H,1-7H2,(H,14,15)/t8?,10-,11?/m1/s1. The van der Waals surface area contributed by atoms with Gasteiger partial charge in [-0.25, -0.2) is 0 Å². The summed E-state index contributed by atoms with van der Waals surface area (Å²) in [4.78, 5) is 21.7. The predicted molar refractivity (Wildman–Crippen MR) is 63.6 cm³/mol. The summed E-state index contributed by atoms with van der Waals surface area (Å²) < 4.78 is 0. The topological polar surface area (TPSA) is 54.4 Å². The van der Waals surface area contributed by atoms with Gasteiger partial charge in [0.15, 0.2) is 0 Å². The number of ketones is 1. The molecule has 1 N–H and O–H groups in total. The molecule has 0 spiro atoms. The Labute approximate surface area is 100.0 Å². The number of unbranched alkanes of at least 4 members (excludes halogenated alkanes) is 1. The maximum Gasteiger partial charge on any atom is 0.303 e. The minimum atomic E-state index is -0.701. The van der Waals surface area contributed by atoms with Gasteiger partial charge in [-0.05, 0) is 30.4 Å². The second-order valence-electron chi connectivity index (χ2n) is 4.88. The molecule has 0 aromatic carbocycles. The molecular weight excluding hydrogens is 224 g/mol. The van der Waals surface area contributed by atoms with Crippen LogP contribution in [-0.4, -0.2) is 27.9 Å². The summed E-state index contributed by atoms with van der Waals surface area (Å²) in [5, 5.41) is 9.16. The van der Waals surface area contributed by atoms with E-state index in [1.807, 2.05) is 11.8 Å². The van der Waals surface area contributed by atoms with Gasteiger partial charge in [-0.3, -0.25) is 9.59 Å². The highest BCUT2D eigenvalue weighted by Gasteiger charge is 2.42. The molecule has 0 radical (unpaired) electrons. The summed E-state index contributed by atoms with van der Waals surface area (Å²) in [5.41, 5.74) is 0. The number of rotatable bonds is 5. The van der Waals surface area contributed by atoms with Crippen LogP contribution in [0.4, 0.5) is 0 Å². The van der Waals surface area contributed by atoms with Crippen LogP contribution in [0.5, 0.6) is 0 Å². The number of carbonyl (C=O) groups is 2. The maximum absolute atomic E-state index is 11.3. The first-order valence-corrected chi connectivity index (χ1v) is 7.07. The quantitative estimate of drug-likeness (QED) is 0.752. The van der Waals surface area contributed by atoms with E-state index in [9.17, 15) is 9.59 Å². The molecule has 1 aliphatic heterocycles. The molecule has 2 aliphatic rings. The van der Waals surface area contributed by atoms with E-state index < -0.39 is 5.97 Å². The van der Waals surface area contributed by atoms with Gasteiger partial charge < -0.3 is 5.11 Å². The Bertz CT molecular complexity index is 290. The molecule has 3 nitrogen and oxygen atoms in total. The van der Waals surface area contributed by atoms with Crippen molar-refractivity contribution in [2.45, 2.75) is 43.8 Å². The summed E-state index contributed by atoms with van der Waals surface area (Å²) in [6.45, 7) is 0. The summed E-state index contributed by atoms with van der Waals surface area (Å²) >= 11 is 2.00. The number of hydrogen-bond acceptors (Lipinski definition) is 3. The summed E-state index contributed by atoms with van der Waals surface area (Å²) in [6, 6.07) is 0. The van der Waals surface area contributed by atoms with Crippen molar-refractivity contribution in [3.8, 4) is 0 Å². The minimum absolute atomic E-state index is 0.282. The van der Waals surface area contributed by atoms with E-state index in [4.69, 9.17) is 5.11 Å². The zero-order chi connectivity index (χ0) is 11.5. The Kier molecular flexibility index (Phi) is 3.90. The van der Waals surface area contributed by atoms with Crippen molar-refractivity contribution in [3.05, 3.63) is 0 Å². The number of Topliss-reactive ketones (excluding diaryl/α,β-unsaturated/α-hetero) is 1. The van der Waals surface area contributed by atoms with E-state index in [1.54, 1.807) is 0 Å². The molecular formula is C12H18O3S. The lowest BCUT2D eigenvalue weighted by Crippen LogP contribution is -2.14. The first kappa shape index (κ1) is 12.0. The van der Waals surface area contributed by atoms with Crippen molar-refractivity contribution < 1.29 is 14.7 Å². The normalized spacial score (nSPS) is 33.0. The molecule has 0 amide bonds. The molecule has 3 atom stereocenters. The zero-order valence-electron chi connectivity index (χ0n) is 9.35. The number of thioether (sulfide) groups is 1. The number of hydrogen-bond donors (Lipinski definition) is 1. The fourth-order valence-electron chi connectivity index (χ4n) is 2.86. The molecule has 1 saturated carbocycles. The Morgan fingerprint density at radius 3 is 2.94 bits per heavy atom. The average Bonchev–Trinajstić information content (AvgIpc) is 2.72. The van der Waals surface area contributed by atoms with Gasteiger partial charge in [0.2, 0.25) is 0 Å². The first-order valence-electron chi connectivity index (χ1n) is 6.02. The smallest absolute Gasteiger partial charge is 0.303 e. The summed E-state index contributed by atoms with van der Waals surface area (Å²) in [6.07, 6.45) is 4.71. The lowest BCUT2D eigenvalue weighted by atomic mass is 9.92. The van der Waals surface area contributed by atoms with Crippen LogP contribution in [-0.2, 0) is 9.59 Å². The van der Waals surface area contributed by atoms with Gasteiger partial charge in [0.05, 0.1) is 0 Å². The van der Waals surface area contributed by atoms with Crippen LogP contribution in [0.1, 0.15) is 38.5 Å². The molecule has 0 aromatic rings. The van der Waals surface area contributed by atoms with E-state index in [-0.39, 0.29) is 6.42 Å². The molecule has 2 fully saturated rings. The highest BCUT2D eigenvalue weighted by atomic mass is 32.2. The molecule has 1 saturated heterocycles. The van der Waals surface area contributed by atoms with Gasteiger partial charge >= 0.3 is 5.97 Å². The van der Waals surface area contributed by atoms with Gasteiger partial charge in [-0.1, -0.05) is 6.42 Å². The van der Waals surface area contributed by atoms with E-state index in [2.05, 4.69) is 0 Å². The van der Waals surface area contributed by atoms with E-state index in [0.29, 0.717) is 22.9 Å². The predicted octanol–water partition coefficient (Wildman–Crippen LogP) is 2.34. The summed E-state index contributed by atoms with van der Waals surface area (Å²) in [7, 11) is 0. The SMILES string of the molecule is O=C(O)CCCCC1SCC2CC(=O)C[C@H]21. The Balaban J connectivity index is 1.70. The molecule has 2 rings (SSSR count). The maximum atomic E-state index is 11.3. The van der Waals surface area contributed by atoms with Crippen molar-refractivity contribution in [1.29, 1.82) is 0 Å². The second kappa shape index (κ2) is 5.21. The van der Waals surface area contributed by atoms with Gasteiger partial charge in [0, 0.05) is 24.5 Å². The molecule has 16 heavy (non-hydrogen) atoms. The lowest BCUT2D eigenvalue weighted by Gasteiger charge is -2.16. The van der Waals surface area contributed by atoms with Gasteiger partial charge in [-0.15, -0.1) is 0 Å². The summed E-state index contributed by atoms with van der Waals surface area (Å²) in [5.74, 6) is 2.10. The van der Waals surface area contributed by atoms with Crippen LogP contribution < -0.4 is 0 Å². The third-order valence-electron chi connectivity index (χ3n) is 3.69. The third kappa shape index (κ3) is 2.78. The van der Waals surface area contributed by atoms with E-state index in [1.165, 1.54) is 0 Å². The average molecular weight is 242 g/mol. The number of aliphatic carboxylic acids is 1. The largest absolute Gasteiger partial charge is 0.481 e. The minimum Gasteiger partial charge on any atom is -0.481 e. The molecule has 2 unspecified atom stereocenters. The second-order valence-corrected chi connectivity index (χ2v) is 6.15. The third-order valence-corrected chi connectivity index (χ3v) is 5.32.